The van der Waals surface area contributed by atoms with Crippen molar-refractivity contribution >= 4 is 27.3 Å². The molecule has 3 heterocycles. The van der Waals surface area contributed by atoms with Gasteiger partial charge in [0.15, 0.2) is 0 Å². The quantitative estimate of drug-likeness (QED) is 0.712. The predicted molar refractivity (Wildman–Crippen MR) is 112 cm³/mol. The highest BCUT2D eigenvalue weighted by atomic mass is 32.2. The van der Waals surface area contributed by atoms with E-state index in [0.717, 1.165) is 25.0 Å². The molecule has 1 aliphatic heterocycles. The van der Waals surface area contributed by atoms with Gasteiger partial charge in [0.25, 0.3) is 5.91 Å². The van der Waals surface area contributed by atoms with Crippen LogP contribution in [-0.2, 0) is 10.0 Å². The van der Waals surface area contributed by atoms with Crippen LogP contribution in [0.4, 0.5) is 5.69 Å². The molecule has 1 N–H and O–H groups in total. The summed E-state index contributed by atoms with van der Waals surface area (Å²) in [4.78, 5) is 17.3. The normalized spacial score (nSPS) is 15.5. The number of anilines is 1. The van der Waals surface area contributed by atoms with Gasteiger partial charge in [0.1, 0.15) is 11.3 Å². The van der Waals surface area contributed by atoms with E-state index < -0.39 is 10.0 Å². The maximum absolute atomic E-state index is 13.1. The Morgan fingerprint density at radius 2 is 1.83 bits per heavy atom. The van der Waals surface area contributed by atoms with Gasteiger partial charge in [0.05, 0.1) is 4.90 Å². The van der Waals surface area contributed by atoms with E-state index in [2.05, 4.69) is 10.3 Å². The maximum atomic E-state index is 13.1. The summed E-state index contributed by atoms with van der Waals surface area (Å²) in [5.74, 6) is -0.377. The molecule has 4 rings (SSSR count). The number of rotatable bonds is 4. The number of piperidine rings is 1. The number of sulfonamides is 1. The minimum atomic E-state index is -3.58. The van der Waals surface area contributed by atoms with E-state index in [1.807, 2.05) is 29.5 Å². The third kappa shape index (κ3) is 3.77. The minimum Gasteiger partial charge on any atom is -0.321 e. The van der Waals surface area contributed by atoms with Crippen molar-refractivity contribution in [2.45, 2.75) is 38.0 Å². The van der Waals surface area contributed by atoms with Gasteiger partial charge < -0.3 is 9.72 Å². The van der Waals surface area contributed by atoms with Crippen molar-refractivity contribution in [1.82, 2.24) is 13.7 Å². The predicted octanol–water partition coefficient (Wildman–Crippen LogP) is 3.38. The first kappa shape index (κ1) is 19.6. The van der Waals surface area contributed by atoms with Gasteiger partial charge in [-0.15, -0.1) is 0 Å². The van der Waals surface area contributed by atoms with Crippen molar-refractivity contribution in [2.75, 3.05) is 18.4 Å². The van der Waals surface area contributed by atoms with E-state index in [1.165, 1.54) is 10.4 Å². The van der Waals surface area contributed by atoms with Crippen molar-refractivity contribution in [3.05, 3.63) is 59.5 Å². The van der Waals surface area contributed by atoms with E-state index in [9.17, 15) is 13.2 Å². The smallest absolute Gasteiger partial charge is 0.275 e. The van der Waals surface area contributed by atoms with Crippen LogP contribution in [0.5, 0.6) is 0 Å². The molecule has 0 radical (unpaired) electrons. The van der Waals surface area contributed by atoms with Crippen LogP contribution in [0, 0.1) is 13.8 Å². The molecular weight excluding hydrogens is 388 g/mol. The minimum absolute atomic E-state index is 0.239. The first-order valence-electron chi connectivity index (χ1n) is 9.73. The molecule has 0 unspecified atom stereocenters. The van der Waals surface area contributed by atoms with Gasteiger partial charge in [-0.3, -0.25) is 4.79 Å². The second-order valence-corrected chi connectivity index (χ2v) is 9.33. The number of amides is 1. The van der Waals surface area contributed by atoms with Crippen LogP contribution in [0.25, 0.3) is 5.65 Å². The Kier molecular flexibility index (Phi) is 5.14. The fraction of sp³-hybridized carbons (Fsp3) is 0.333. The number of hydrogen-bond acceptors (Lipinski definition) is 4. The molecule has 152 valence electrons. The molecule has 7 nitrogen and oxygen atoms in total. The summed E-state index contributed by atoms with van der Waals surface area (Å²) in [7, 11) is -3.58. The van der Waals surface area contributed by atoms with E-state index in [4.69, 9.17) is 0 Å². The molecule has 3 aromatic rings. The van der Waals surface area contributed by atoms with Crippen molar-refractivity contribution in [3.8, 4) is 0 Å². The topological polar surface area (TPSA) is 83.8 Å². The summed E-state index contributed by atoms with van der Waals surface area (Å²) >= 11 is 0. The molecule has 1 aromatic carbocycles. The number of nitrogens with one attached hydrogen (secondary N) is 1. The maximum Gasteiger partial charge on any atom is 0.275 e. The lowest BCUT2D eigenvalue weighted by atomic mass is 10.2. The number of aromatic nitrogens is 2. The number of benzene rings is 1. The molecule has 0 atom stereocenters. The number of hydrogen-bond donors (Lipinski definition) is 1. The van der Waals surface area contributed by atoms with Crippen molar-refractivity contribution in [3.63, 3.8) is 0 Å². The Labute approximate surface area is 170 Å². The lowest BCUT2D eigenvalue weighted by Crippen LogP contribution is -2.36. The number of nitrogens with zero attached hydrogens (tertiary/aromatic N) is 3. The fourth-order valence-electron chi connectivity index (χ4n) is 3.65. The van der Waals surface area contributed by atoms with E-state index in [1.54, 1.807) is 25.3 Å². The SMILES string of the molecule is Cc1ccc(NC(=O)c2cn3c(C)cccc3n2)cc1S(=O)(=O)N1CCCCC1. The van der Waals surface area contributed by atoms with Gasteiger partial charge in [0, 0.05) is 30.7 Å². The van der Waals surface area contributed by atoms with Gasteiger partial charge in [0.2, 0.25) is 10.0 Å². The number of carbonyl (C=O) groups excluding carboxylic acids is 1. The van der Waals surface area contributed by atoms with E-state index >= 15 is 0 Å². The second kappa shape index (κ2) is 7.61. The van der Waals surface area contributed by atoms with Crippen LogP contribution in [0.2, 0.25) is 0 Å². The lowest BCUT2D eigenvalue weighted by molar-refractivity contribution is 0.102. The first-order valence-corrected chi connectivity index (χ1v) is 11.2. The molecule has 1 aliphatic rings. The van der Waals surface area contributed by atoms with Gasteiger partial charge in [-0.2, -0.15) is 4.31 Å². The molecule has 8 heteroatoms. The molecule has 29 heavy (non-hydrogen) atoms. The molecule has 1 amide bonds. The summed E-state index contributed by atoms with van der Waals surface area (Å²) in [5.41, 5.74) is 3.04. The van der Waals surface area contributed by atoms with Crippen LogP contribution >= 0.6 is 0 Å². The van der Waals surface area contributed by atoms with Crippen LogP contribution in [-0.4, -0.2) is 41.1 Å². The summed E-state index contributed by atoms with van der Waals surface area (Å²) in [5, 5.41) is 2.78. The third-order valence-corrected chi connectivity index (χ3v) is 7.35. The highest BCUT2D eigenvalue weighted by Crippen LogP contribution is 2.26. The number of imidazole rings is 1. The zero-order valence-corrected chi connectivity index (χ0v) is 17.4. The van der Waals surface area contributed by atoms with Crippen LogP contribution in [0.3, 0.4) is 0 Å². The lowest BCUT2D eigenvalue weighted by Gasteiger charge is -2.26. The number of pyridine rings is 1. The molecule has 2 aromatic heterocycles. The monoisotopic (exact) mass is 412 g/mol. The number of carbonyl (C=O) groups is 1. The molecule has 0 saturated carbocycles. The Morgan fingerprint density at radius 3 is 2.55 bits per heavy atom. The molecule has 0 spiro atoms. The highest BCUT2D eigenvalue weighted by Gasteiger charge is 2.27. The van der Waals surface area contributed by atoms with Gasteiger partial charge in [-0.25, -0.2) is 13.4 Å². The number of aryl methyl sites for hydroxylation is 2. The van der Waals surface area contributed by atoms with Crippen molar-refractivity contribution < 1.29 is 13.2 Å². The number of fused-ring (bicyclic) bond motifs is 1. The van der Waals surface area contributed by atoms with Crippen molar-refractivity contribution in [2.24, 2.45) is 0 Å². The van der Waals surface area contributed by atoms with E-state index in [-0.39, 0.29) is 16.5 Å². The molecule has 1 saturated heterocycles. The van der Waals surface area contributed by atoms with Gasteiger partial charge in [-0.1, -0.05) is 18.6 Å². The fourth-order valence-corrected chi connectivity index (χ4v) is 5.42. The van der Waals surface area contributed by atoms with Gasteiger partial charge in [-0.05, 0) is 56.5 Å². The second-order valence-electron chi connectivity index (χ2n) is 7.42. The molecule has 1 fully saturated rings. The zero-order chi connectivity index (χ0) is 20.6. The van der Waals surface area contributed by atoms with Crippen LogP contribution in [0.15, 0.2) is 47.5 Å². The summed E-state index contributed by atoms with van der Waals surface area (Å²) in [6.07, 6.45) is 4.49. The first-order chi connectivity index (χ1) is 13.9. The average Bonchev–Trinajstić information content (AvgIpc) is 3.16. The zero-order valence-electron chi connectivity index (χ0n) is 16.6. The molecule has 0 aliphatic carbocycles. The molecular formula is C21H24N4O3S. The largest absolute Gasteiger partial charge is 0.321 e. The van der Waals surface area contributed by atoms with E-state index in [0.29, 0.717) is 30.0 Å². The highest BCUT2D eigenvalue weighted by molar-refractivity contribution is 7.89. The Morgan fingerprint density at radius 1 is 1.07 bits per heavy atom. The Balaban J connectivity index is 1.61. The molecule has 0 bridgehead atoms. The van der Waals surface area contributed by atoms with Gasteiger partial charge >= 0.3 is 0 Å². The summed E-state index contributed by atoms with van der Waals surface area (Å²) < 4.78 is 29.5. The standard InChI is InChI=1S/C21H24N4O3S/c1-15-9-10-17(13-19(15)29(27,28)24-11-4-3-5-12-24)22-21(26)18-14-25-16(2)7-6-8-20(25)23-18/h6-10,13-14H,3-5,11-12H2,1-2H3,(H,22,26). The van der Waals surface area contributed by atoms with Crippen molar-refractivity contribution in [1.29, 1.82) is 0 Å². The third-order valence-electron chi connectivity index (χ3n) is 5.31. The Hall–Kier alpha value is -2.71. The van der Waals surface area contributed by atoms with Crippen LogP contribution < -0.4 is 5.32 Å². The summed E-state index contributed by atoms with van der Waals surface area (Å²) in [6.45, 7) is 4.79. The average molecular weight is 413 g/mol. The Bertz CT molecular complexity index is 1180. The summed E-state index contributed by atoms with van der Waals surface area (Å²) in [6, 6.07) is 10.6. The van der Waals surface area contributed by atoms with Crippen LogP contribution in [0.1, 0.15) is 41.0 Å².